The Morgan fingerprint density at radius 2 is 2.04 bits per heavy atom. The maximum absolute atomic E-state index is 11.9. The van der Waals surface area contributed by atoms with Crippen molar-refractivity contribution in [2.75, 3.05) is 6.61 Å². The number of ether oxygens (including phenoxy) is 1. The third kappa shape index (κ3) is 5.44. The van der Waals surface area contributed by atoms with Gasteiger partial charge >= 0.3 is 11.7 Å². The summed E-state index contributed by atoms with van der Waals surface area (Å²) in [4.78, 5) is 34.2. The van der Waals surface area contributed by atoms with Crippen molar-refractivity contribution in [3.05, 3.63) is 33.9 Å². The first kappa shape index (κ1) is 18.7. The van der Waals surface area contributed by atoms with Crippen molar-refractivity contribution in [1.29, 1.82) is 0 Å². The molecule has 2 atom stereocenters. The fraction of sp³-hybridized carbons (Fsp3) is 0.529. The van der Waals surface area contributed by atoms with E-state index in [-0.39, 0.29) is 17.5 Å². The number of rotatable bonds is 5. The molecule has 1 saturated carbocycles. The standard InChI is InChI=1S/C17H23N3O5/c1-11-7-8-15(14(9-11)20(23)24)25-10-16(21)19-17(22)18-13-6-4-3-5-12(13)2/h7-9,12-13H,3-6,10H2,1-2H3,(H2,18,19,21,22)/t12-,13+/m1/s1. The van der Waals surface area contributed by atoms with Gasteiger partial charge in [0.2, 0.25) is 0 Å². The molecule has 1 fully saturated rings. The number of hydrogen-bond acceptors (Lipinski definition) is 5. The van der Waals surface area contributed by atoms with Crippen LogP contribution in [0.4, 0.5) is 10.5 Å². The van der Waals surface area contributed by atoms with E-state index in [1.807, 2.05) is 0 Å². The molecule has 8 nitrogen and oxygen atoms in total. The van der Waals surface area contributed by atoms with Crippen LogP contribution in [-0.2, 0) is 4.79 Å². The van der Waals surface area contributed by atoms with Crippen molar-refractivity contribution >= 4 is 17.6 Å². The van der Waals surface area contributed by atoms with E-state index in [4.69, 9.17) is 4.74 Å². The quantitative estimate of drug-likeness (QED) is 0.627. The Kier molecular flexibility index (Phi) is 6.32. The molecule has 0 aromatic heterocycles. The third-order valence-electron chi connectivity index (χ3n) is 4.35. The van der Waals surface area contributed by atoms with E-state index >= 15 is 0 Å². The van der Waals surface area contributed by atoms with Crippen LogP contribution >= 0.6 is 0 Å². The van der Waals surface area contributed by atoms with E-state index < -0.39 is 23.5 Å². The number of nitro benzene ring substituents is 1. The van der Waals surface area contributed by atoms with E-state index in [9.17, 15) is 19.7 Å². The number of nitrogens with zero attached hydrogens (tertiary/aromatic N) is 1. The molecule has 1 aromatic carbocycles. The zero-order valence-corrected chi connectivity index (χ0v) is 14.4. The van der Waals surface area contributed by atoms with Crippen molar-refractivity contribution in [1.82, 2.24) is 10.6 Å². The van der Waals surface area contributed by atoms with Gasteiger partial charge in [-0.1, -0.05) is 25.8 Å². The first-order valence-electron chi connectivity index (χ1n) is 8.35. The van der Waals surface area contributed by atoms with Crippen LogP contribution in [0.5, 0.6) is 5.75 Å². The van der Waals surface area contributed by atoms with E-state index in [1.54, 1.807) is 13.0 Å². The molecule has 2 rings (SSSR count). The van der Waals surface area contributed by atoms with Gasteiger partial charge in [-0.15, -0.1) is 0 Å². The maximum Gasteiger partial charge on any atom is 0.321 e. The van der Waals surface area contributed by atoms with Gasteiger partial charge in [-0.05, 0) is 37.3 Å². The summed E-state index contributed by atoms with van der Waals surface area (Å²) in [5, 5.41) is 16.0. The lowest BCUT2D eigenvalue weighted by Crippen LogP contribution is -2.48. The number of imide groups is 1. The summed E-state index contributed by atoms with van der Waals surface area (Å²) in [6.07, 6.45) is 4.17. The molecule has 25 heavy (non-hydrogen) atoms. The van der Waals surface area contributed by atoms with Gasteiger partial charge in [0, 0.05) is 12.1 Å². The normalized spacial score (nSPS) is 19.8. The lowest BCUT2D eigenvalue weighted by molar-refractivity contribution is -0.385. The Labute approximate surface area is 146 Å². The van der Waals surface area contributed by atoms with E-state index in [0.29, 0.717) is 11.5 Å². The maximum atomic E-state index is 11.9. The molecule has 1 aliphatic rings. The van der Waals surface area contributed by atoms with Crippen molar-refractivity contribution in [2.24, 2.45) is 5.92 Å². The van der Waals surface area contributed by atoms with Crippen LogP contribution in [0.15, 0.2) is 18.2 Å². The van der Waals surface area contributed by atoms with Gasteiger partial charge in [0.05, 0.1) is 4.92 Å². The Bertz CT molecular complexity index is 662. The Balaban J connectivity index is 1.84. The minimum atomic E-state index is -0.657. The predicted molar refractivity (Wildman–Crippen MR) is 91.4 cm³/mol. The van der Waals surface area contributed by atoms with E-state index in [0.717, 1.165) is 25.7 Å². The number of nitrogens with one attached hydrogen (secondary N) is 2. The van der Waals surface area contributed by atoms with Gasteiger partial charge < -0.3 is 10.1 Å². The molecule has 1 aromatic rings. The largest absolute Gasteiger partial charge is 0.477 e. The Hall–Kier alpha value is -2.64. The summed E-state index contributed by atoms with van der Waals surface area (Å²) in [5.41, 5.74) is 0.498. The van der Waals surface area contributed by atoms with Crippen molar-refractivity contribution < 1.29 is 19.2 Å². The minimum absolute atomic E-state index is 0.00735. The van der Waals surface area contributed by atoms with Crippen LogP contribution in [0, 0.1) is 23.0 Å². The Morgan fingerprint density at radius 1 is 1.32 bits per heavy atom. The highest BCUT2D eigenvalue weighted by atomic mass is 16.6. The zero-order chi connectivity index (χ0) is 18.4. The molecule has 0 saturated heterocycles. The molecule has 0 bridgehead atoms. The fourth-order valence-electron chi connectivity index (χ4n) is 2.93. The lowest BCUT2D eigenvalue weighted by atomic mass is 9.86. The second kappa shape index (κ2) is 8.46. The van der Waals surface area contributed by atoms with Gasteiger partial charge in [-0.3, -0.25) is 20.2 Å². The first-order valence-corrected chi connectivity index (χ1v) is 8.35. The molecule has 0 heterocycles. The van der Waals surface area contributed by atoms with Crippen LogP contribution in [0.2, 0.25) is 0 Å². The van der Waals surface area contributed by atoms with Crippen LogP contribution in [0.25, 0.3) is 0 Å². The number of nitro groups is 1. The van der Waals surface area contributed by atoms with E-state index in [2.05, 4.69) is 17.6 Å². The number of carbonyl (C=O) groups is 2. The third-order valence-corrected chi connectivity index (χ3v) is 4.35. The van der Waals surface area contributed by atoms with Crippen LogP contribution < -0.4 is 15.4 Å². The highest BCUT2D eigenvalue weighted by Crippen LogP contribution is 2.27. The van der Waals surface area contributed by atoms with Crippen molar-refractivity contribution in [2.45, 2.75) is 45.6 Å². The average molecular weight is 349 g/mol. The van der Waals surface area contributed by atoms with Crippen LogP contribution in [0.1, 0.15) is 38.2 Å². The molecule has 136 valence electrons. The summed E-state index contributed by atoms with van der Waals surface area (Å²) in [6, 6.07) is 3.94. The Morgan fingerprint density at radius 3 is 2.72 bits per heavy atom. The second-order valence-corrected chi connectivity index (χ2v) is 6.41. The highest BCUT2D eigenvalue weighted by molar-refractivity contribution is 5.95. The monoisotopic (exact) mass is 349 g/mol. The molecule has 0 spiro atoms. The van der Waals surface area contributed by atoms with Gasteiger partial charge in [0.25, 0.3) is 5.91 Å². The summed E-state index contributed by atoms with van der Waals surface area (Å²) in [7, 11) is 0. The van der Waals surface area contributed by atoms with Gasteiger partial charge in [-0.25, -0.2) is 4.79 Å². The summed E-state index contributed by atoms with van der Waals surface area (Å²) in [5.74, 6) is -0.288. The lowest BCUT2D eigenvalue weighted by Gasteiger charge is -2.29. The smallest absolute Gasteiger partial charge is 0.321 e. The number of amides is 3. The molecule has 1 aliphatic carbocycles. The minimum Gasteiger partial charge on any atom is -0.477 e. The van der Waals surface area contributed by atoms with Gasteiger partial charge in [0.1, 0.15) is 0 Å². The average Bonchev–Trinajstić information content (AvgIpc) is 2.55. The molecule has 0 unspecified atom stereocenters. The number of benzene rings is 1. The second-order valence-electron chi connectivity index (χ2n) is 6.41. The predicted octanol–water partition coefficient (Wildman–Crippen LogP) is 2.69. The summed E-state index contributed by atoms with van der Waals surface area (Å²) < 4.78 is 5.19. The van der Waals surface area contributed by atoms with Crippen LogP contribution in [0.3, 0.4) is 0 Å². The molecular weight excluding hydrogens is 326 g/mol. The molecule has 0 radical (unpaired) electrons. The van der Waals surface area contributed by atoms with Gasteiger partial charge in [-0.2, -0.15) is 0 Å². The molecule has 3 amide bonds. The molecule has 8 heteroatoms. The SMILES string of the molecule is Cc1ccc(OCC(=O)NC(=O)N[C@H]2CCCC[C@H]2C)c([N+](=O)[O-])c1. The first-order chi connectivity index (χ1) is 11.9. The highest BCUT2D eigenvalue weighted by Gasteiger charge is 2.23. The summed E-state index contributed by atoms with van der Waals surface area (Å²) in [6.45, 7) is 3.32. The molecule has 0 aliphatic heterocycles. The number of carbonyl (C=O) groups excluding carboxylic acids is 2. The fourth-order valence-corrected chi connectivity index (χ4v) is 2.93. The molecule has 2 N–H and O–H groups in total. The number of urea groups is 1. The zero-order valence-electron chi connectivity index (χ0n) is 14.4. The topological polar surface area (TPSA) is 111 Å². The van der Waals surface area contributed by atoms with Gasteiger partial charge in [0.15, 0.2) is 12.4 Å². The van der Waals surface area contributed by atoms with Crippen LogP contribution in [-0.4, -0.2) is 29.5 Å². The van der Waals surface area contributed by atoms with E-state index in [1.165, 1.54) is 12.1 Å². The number of hydrogen-bond donors (Lipinski definition) is 2. The number of aryl methyl sites for hydroxylation is 1. The van der Waals surface area contributed by atoms with Crippen molar-refractivity contribution in [3.63, 3.8) is 0 Å². The molecular formula is C17H23N3O5. The van der Waals surface area contributed by atoms with Crippen molar-refractivity contribution in [3.8, 4) is 5.75 Å². The summed E-state index contributed by atoms with van der Waals surface area (Å²) >= 11 is 0.